The Bertz CT molecular complexity index is 909. The third-order valence-electron chi connectivity index (χ3n) is 12.6. The summed E-state index contributed by atoms with van der Waals surface area (Å²) in [5.41, 5.74) is 0. The van der Waals surface area contributed by atoms with Gasteiger partial charge in [0.15, 0.2) is 0 Å². The molecule has 0 aliphatic heterocycles. The van der Waals surface area contributed by atoms with Gasteiger partial charge in [-0.15, -0.1) is 0 Å². The maximum absolute atomic E-state index is 13.2. The van der Waals surface area contributed by atoms with Gasteiger partial charge in [0.2, 0.25) is 5.91 Å². The third-order valence-corrected chi connectivity index (χ3v) is 12.6. The normalized spacial score (nSPS) is 13.2. The molecule has 1 amide bonds. The van der Waals surface area contributed by atoms with Crippen molar-refractivity contribution in [3.8, 4) is 0 Å². The molecule has 0 saturated carbocycles. The number of unbranched alkanes of at least 4 members (excludes halogenated alkanes) is 35. The molecule has 6 heteroatoms. The maximum atomic E-state index is 13.2. The lowest BCUT2D eigenvalue weighted by Crippen LogP contribution is -2.46. The van der Waals surface area contributed by atoms with Crippen molar-refractivity contribution in [2.45, 2.75) is 315 Å². The van der Waals surface area contributed by atoms with Crippen molar-refractivity contribution in [3.05, 3.63) is 12.2 Å². The van der Waals surface area contributed by atoms with E-state index in [1.807, 2.05) is 0 Å². The highest BCUT2D eigenvalue weighted by atomic mass is 16.5. The highest BCUT2D eigenvalue weighted by molar-refractivity contribution is 5.77. The molecule has 3 unspecified atom stereocenters. The van der Waals surface area contributed by atoms with E-state index in [9.17, 15) is 19.8 Å². The topological polar surface area (TPSA) is 95.9 Å². The zero-order valence-corrected chi connectivity index (χ0v) is 40.6. The molecule has 0 aromatic heterocycles. The molecule has 0 spiro atoms. The zero-order valence-electron chi connectivity index (χ0n) is 40.6. The lowest BCUT2D eigenvalue weighted by molar-refractivity contribution is -0.151. The highest BCUT2D eigenvalue weighted by Crippen LogP contribution is 2.18. The molecule has 0 heterocycles. The molecular weight excluding hydrogens is 743 g/mol. The number of allylic oxidation sites excluding steroid dienone is 2. The number of carbonyl (C=O) groups excluding carboxylic acids is 2. The van der Waals surface area contributed by atoms with Crippen LogP contribution in [0.4, 0.5) is 0 Å². The van der Waals surface area contributed by atoms with Crippen LogP contribution in [0.5, 0.6) is 0 Å². The molecule has 0 aliphatic rings. The highest BCUT2D eigenvalue weighted by Gasteiger charge is 2.24. The first-order valence-corrected chi connectivity index (χ1v) is 26.9. The average Bonchev–Trinajstić information content (AvgIpc) is 3.24. The molecule has 6 nitrogen and oxygen atoms in total. The Morgan fingerprint density at radius 3 is 1.18 bits per heavy atom. The number of carbonyl (C=O) groups is 2. The monoisotopic (exact) mass is 848 g/mol. The van der Waals surface area contributed by atoms with Crippen LogP contribution in [0.2, 0.25) is 0 Å². The van der Waals surface area contributed by atoms with Gasteiger partial charge in [0.05, 0.1) is 25.2 Å². The van der Waals surface area contributed by atoms with Gasteiger partial charge in [0.25, 0.3) is 0 Å². The summed E-state index contributed by atoms with van der Waals surface area (Å²) in [4.78, 5) is 26.2. The molecule has 0 aromatic carbocycles. The minimum atomic E-state index is -0.783. The zero-order chi connectivity index (χ0) is 43.8. The van der Waals surface area contributed by atoms with Crippen LogP contribution < -0.4 is 5.32 Å². The Morgan fingerprint density at radius 1 is 0.467 bits per heavy atom. The molecule has 3 atom stereocenters. The first-order chi connectivity index (χ1) is 29.5. The second kappa shape index (κ2) is 48.6. The number of hydrogen-bond acceptors (Lipinski definition) is 5. The molecule has 0 aromatic rings. The fourth-order valence-corrected chi connectivity index (χ4v) is 8.49. The first-order valence-electron chi connectivity index (χ1n) is 26.9. The van der Waals surface area contributed by atoms with E-state index < -0.39 is 18.2 Å². The third kappa shape index (κ3) is 43.3. The van der Waals surface area contributed by atoms with E-state index in [1.165, 1.54) is 193 Å². The summed E-state index contributed by atoms with van der Waals surface area (Å²) in [6, 6.07) is -0.697. The SMILES string of the molecule is CCCCCCCC/C=C/CCCCCCCC(CC(=O)NC(CO)C(O)CCCCCCCCCCCCC)OC(=O)CCCCCCCCCCCCCCCCC. The number of hydrogen-bond donors (Lipinski definition) is 3. The van der Waals surface area contributed by atoms with Crippen LogP contribution in [-0.4, -0.2) is 46.9 Å². The van der Waals surface area contributed by atoms with Crippen LogP contribution >= 0.6 is 0 Å². The molecule has 60 heavy (non-hydrogen) atoms. The van der Waals surface area contributed by atoms with Crippen LogP contribution in [0, 0.1) is 0 Å². The Labute approximate surface area is 374 Å². The number of rotatable bonds is 49. The molecule has 0 aliphatic carbocycles. The van der Waals surface area contributed by atoms with Crippen molar-refractivity contribution >= 4 is 11.9 Å². The Morgan fingerprint density at radius 2 is 0.800 bits per heavy atom. The quantitative estimate of drug-likeness (QED) is 0.0322. The van der Waals surface area contributed by atoms with E-state index in [4.69, 9.17) is 4.74 Å². The lowest BCUT2D eigenvalue weighted by atomic mass is 10.0. The van der Waals surface area contributed by atoms with E-state index in [1.54, 1.807) is 0 Å². The summed E-state index contributed by atoms with van der Waals surface area (Å²) in [6.07, 6.45) is 54.1. The van der Waals surface area contributed by atoms with Gasteiger partial charge in [-0.2, -0.15) is 0 Å². The number of esters is 1. The van der Waals surface area contributed by atoms with Crippen molar-refractivity contribution in [3.63, 3.8) is 0 Å². The Hall–Kier alpha value is -1.40. The average molecular weight is 848 g/mol. The fraction of sp³-hybridized carbons (Fsp3) is 0.926. The summed E-state index contributed by atoms with van der Waals surface area (Å²) in [7, 11) is 0. The van der Waals surface area contributed by atoms with E-state index in [-0.39, 0.29) is 24.9 Å². The molecule has 3 N–H and O–H groups in total. The molecule has 0 rings (SSSR count). The van der Waals surface area contributed by atoms with Gasteiger partial charge < -0.3 is 20.3 Å². The second-order valence-corrected chi connectivity index (χ2v) is 18.6. The minimum Gasteiger partial charge on any atom is -0.462 e. The van der Waals surface area contributed by atoms with Crippen molar-refractivity contribution < 1.29 is 24.5 Å². The van der Waals surface area contributed by atoms with E-state index in [2.05, 4.69) is 38.2 Å². The molecule has 0 fully saturated rings. The van der Waals surface area contributed by atoms with Crippen LogP contribution in [0.1, 0.15) is 297 Å². The predicted octanol–water partition coefficient (Wildman–Crippen LogP) is 16.1. The largest absolute Gasteiger partial charge is 0.462 e. The van der Waals surface area contributed by atoms with E-state index in [0.717, 1.165) is 57.8 Å². The Kier molecular flexibility index (Phi) is 47.5. The summed E-state index contributed by atoms with van der Waals surface area (Å²) >= 11 is 0. The van der Waals surface area contributed by atoms with Crippen LogP contribution in [0.25, 0.3) is 0 Å². The van der Waals surface area contributed by atoms with Gasteiger partial charge >= 0.3 is 5.97 Å². The minimum absolute atomic E-state index is 0.0790. The summed E-state index contributed by atoms with van der Waals surface area (Å²) in [5, 5.41) is 23.8. The molecular formula is C54H105NO5. The van der Waals surface area contributed by atoms with Crippen LogP contribution in [-0.2, 0) is 14.3 Å². The van der Waals surface area contributed by atoms with Crippen molar-refractivity contribution in [1.29, 1.82) is 0 Å². The Balaban J connectivity index is 4.54. The molecule has 0 radical (unpaired) electrons. The molecule has 356 valence electrons. The summed E-state index contributed by atoms with van der Waals surface area (Å²) in [6.45, 7) is 6.50. The fourth-order valence-electron chi connectivity index (χ4n) is 8.49. The smallest absolute Gasteiger partial charge is 0.306 e. The first kappa shape index (κ1) is 58.6. The van der Waals surface area contributed by atoms with E-state index in [0.29, 0.717) is 19.3 Å². The van der Waals surface area contributed by atoms with Gasteiger partial charge in [-0.25, -0.2) is 0 Å². The number of ether oxygens (including phenoxy) is 1. The summed E-state index contributed by atoms with van der Waals surface area (Å²) < 4.78 is 5.95. The number of aliphatic hydroxyl groups excluding tert-OH is 2. The standard InChI is InChI=1S/C54H105NO5/c1-4-7-10-13-16-19-22-24-26-28-31-33-36-39-42-45-50(60-54(59)47-44-41-38-35-32-29-27-25-23-20-17-14-11-8-5-2)48-53(58)55-51(49-56)52(57)46-43-40-37-34-30-21-18-15-12-9-6-3/h24,26,50-52,56-57H,4-23,25,27-49H2,1-3H3,(H,55,58)/b26-24+. The number of amides is 1. The maximum Gasteiger partial charge on any atom is 0.306 e. The van der Waals surface area contributed by atoms with Gasteiger partial charge in [-0.1, -0.05) is 245 Å². The van der Waals surface area contributed by atoms with Crippen LogP contribution in [0.15, 0.2) is 12.2 Å². The van der Waals surface area contributed by atoms with Gasteiger partial charge in [-0.05, 0) is 51.4 Å². The number of nitrogens with one attached hydrogen (secondary N) is 1. The van der Waals surface area contributed by atoms with E-state index >= 15 is 0 Å². The predicted molar refractivity (Wildman–Crippen MR) is 260 cm³/mol. The van der Waals surface area contributed by atoms with Gasteiger partial charge in [0.1, 0.15) is 6.10 Å². The number of aliphatic hydroxyl groups is 2. The van der Waals surface area contributed by atoms with Crippen molar-refractivity contribution in [2.75, 3.05) is 6.61 Å². The van der Waals surface area contributed by atoms with Crippen molar-refractivity contribution in [2.24, 2.45) is 0 Å². The second-order valence-electron chi connectivity index (χ2n) is 18.6. The van der Waals surface area contributed by atoms with Gasteiger partial charge in [-0.3, -0.25) is 9.59 Å². The lowest BCUT2D eigenvalue weighted by Gasteiger charge is -2.24. The molecule has 0 saturated heterocycles. The van der Waals surface area contributed by atoms with Gasteiger partial charge in [0, 0.05) is 6.42 Å². The molecule has 0 bridgehead atoms. The van der Waals surface area contributed by atoms with Crippen LogP contribution in [0.3, 0.4) is 0 Å². The van der Waals surface area contributed by atoms with Crippen molar-refractivity contribution in [1.82, 2.24) is 5.32 Å². The summed E-state index contributed by atoms with van der Waals surface area (Å²) in [5.74, 6) is -0.463.